The molecule has 21 heavy (non-hydrogen) atoms. The van der Waals surface area contributed by atoms with Crippen molar-refractivity contribution in [3.05, 3.63) is 24.3 Å². The van der Waals surface area contributed by atoms with E-state index in [9.17, 15) is 8.78 Å². The molecule has 116 valence electrons. The molecule has 1 saturated carbocycles. The molecule has 1 aromatic carbocycles. The summed E-state index contributed by atoms with van der Waals surface area (Å²) < 4.78 is 28.7. The first-order chi connectivity index (χ1) is 10.2. The van der Waals surface area contributed by atoms with E-state index in [1.807, 2.05) is 12.1 Å². The van der Waals surface area contributed by atoms with Crippen LogP contribution < -0.4 is 15.0 Å². The molecule has 2 aliphatic rings. The van der Waals surface area contributed by atoms with Gasteiger partial charge in [0.2, 0.25) is 0 Å². The Morgan fingerprint density at radius 3 is 2.48 bits per heavy atom. The SMILES string of the molecule is FC(F)Oc1ccc(N2CCNC3(CCCCC3)C2)cc1. The van der Waals surface area contributed by atoms with Gasteiger partial charge in [0.15, 0.2) is 0 Å². The molecule has 1 saturated heterocycles. The van der Waals surface area contributed by atoms with Crippen LogP contribution in [0.25, 0.3) is 0 Å². The number of anilines is 1. The van der Waals surface area contributed by atoms with Crippen LogP contribution in [-0.4, -0.2) is 31.8 Å². The van der Waals surface area contributed by atoms with Gasteiger partial charge in [-0.05, 0) is 37.1 Å². The Morgan fingerprint density at radius 1 is 1.10 bits per heavy atom. The Labute approximate surface area is 124 Å². The van der Waals surface area contributed by atoms with Crippen molar-refractivity contribution in [3.8, 4) is 5.75 Å². The molecule has 5 heteroatoms. The highest BCUT2D eigenvalue weighted by Crippen LogP contribution is 2.32. The third kappa shape index (κ3) is 3.46. The second-order valence-electron chi connectivity index (χ2n) is 6.06. The van der Waals surface area contributed by atoms with E-state index in [1.54, 1.807) is 12.1 Å². The first kappa shape index (κ1) is 14.6. The summed E-state index contributed by atoms with van der Waals surface area (Å²) in [6, 6.07) is 6.99. The van der Waals surface area contributed by atoms with Crippen LogP contribution in [0.1, 0.15) is 32.1 Å². The lowest BCUT2D eigenvalue weighted by Gasteiger charge is -2.47. The molecule has 1 aromatic rings. The minimum atomic E-state index is -2.76. The largest absolute Gasteiger partial charge is 0.435 e. The van der Waals surface area contributed by atoms with Gasteiger partial charge in [0, 0.05) is 30.9 Å². The van der Waals surface area contributed by atoms with Gasteiger partial charge in [-0.3, -0.25) is 0 Å². The van der Waals surface area contributed by atoms with Crippen LogP contribution >= 0.6 is 0 Å². The average molecular weight is 296 g/mol. The van der Waals surface area contributed by atoms with Crippen LogP contribution in [-0.2, 0) is 0 Å². The van der Waals surface area contributed by atoms with Crippen LogP contribution in [0.4, 0.5) is 14.5 Å². The maximum absolute atomic E-state index is 12.2. The molecule has 1 aliphatic heterocycles. The zero-order chi connectivity index (χ0) is 14.7. The number of alkyl halides is 2. The summed E-state index contributed by atoms with van der Waals surface area (Å²) in [5.74, 6) is 0.219. The Kier molecular flexibility index (Phi) is 4.29. The quantitative estimate of drug-likeness (QED) is 0.925. The highest BCUT2D eigenvalue weighted by atomic mass is 19.3. The molecular weight excluding hydrogens is 274 g/mol. The van der Waals surface area contributed by atoms with Gasteiger partial charge in [0.25, 0.3) is 0 Å². The van der Waals surface area contributed by atoms with Gasteiger partial charge in [-0.1, -0.05) is 19.3 Å². The molecule has 2 fully saturated rings. The standard InChI is InChI=1S/C16H22F2N2O/c17-15(18)21-14-6-4-13(5-7-14)20-11-10-19-16(12-20)8-2-1-3-9-16/h4-7,15,19H,1-3,8-12H2. The molecule has 0 radical (unpaired) electrons. The number of hydrogen-bond donors (Lipinski definition) is 1. The van der Waals surface area contributed by atoms with E-state index in [0.717, 1.165) is 25.3 Å². The molecule has 1 heterocycles. The second kappa shape index (κ2) is 6.18. The smallest absolute Gasteiger partial charge is 0.387 e. The number of halogens is 2. The molecule has 0 amide bonds. The minimum absolute atomic E-state index is 0.219. The van der Waals surface area contributed by atoms with Gasteiger partial charge in [0.1, 0.15) is 5.75 Å². The fraction of sp³-hybridized carbons (Fsp3) is 0.625. The number of benzene rings is 1. The average Bonchev–Trinajstić information content (AvgIpc) is 2.48. The van der Waals surface area contributed by atoms with Crippen molar-refractivity contribution in [2.75, 3.05) is 24.5 Å². The first-order valence-electron chi connectivity index (χ1n) is 7.72. The van der Waals surface area contributed by atoms with Crippen molar-refractivity contribution in [1.29, 1.82) is 0 Å². The lowest BCUT2D eigenvalue weighted by Crippen LogP contribution is -2.61. The lowest BCUT2D eigenvalue weighted by molar-refractivity contribution is -0.0498. The molecule has 0 unspecified atom stereocenters. The Hall–Kier alpha value is -1.36. The monoisotopic (exact) mass is 296 g/mol. The van der Waals surface area contributed by atoms with Crippen LogP contribution in [0, 0.1) is 0 Å². The maximum Gasteiger partial charge on any atom is 0.387 e. The predicted molar refractivity (Wildman–Crippen MR) is 79.1 cm³/mol. The van der Waals surface area contributed by atoms with Gasteiger partial charge < -0.3 is 15.0 Å². The topological polar surface area (TPSA) is 24.5 Å². The summed E-state index contributed by atoms with van der Waals surface area (Å²) in [7, 11) is 0. The molecule has 0 bridgehead atoms. The molecule has 1 N–H and O–H groups in total. The van der Waals surface area contributed by atoms with Crippen molar-refractivity contribution in [3.63, 3.8) is 0 Å². The van der Waals surface area contributed by atoms with E-state index < -0.39 is 6.61 Å². The highest BCUT2D eigenvalue weighted by molar-refractivity contribution is 5.50. The summed E-state index contributed by atoms with van der Waals surface area (Å²) in [5, 5.41) is 3.71. The van der Waals surface area contributed by atoms with Gasteiger partial charge in [-0.2, -0.15) is 8.78 Å². The first-order valence-corrected chi connectivity index (χ1v) is 7.72. The predicted octanol–water partition coefficient (Wildman–Crippen LogP) is 3.40. The number of nitrogens with one attached hydrogen (secondary N) is 1. The third-order valence-corrected chi connectivity index (χ3v) is 4.61. The zero-order valence-corrected chi connectivity index (χ0v) is 12.2. The summed E-state index contributed by atoms with van der Waals surface area (Å²) >= 11 is 0. The van der Waals surface area contributed by atoms with Crippen LogP contribution in [0.15, 0.2) is 24.3 Å². The molecule has 0 aromatic heterocycles. The van der Waals surface area contributed by atoms with Gasteiger partial charge in [-0.25, -0.2) is 0 Å². The van der Waals surface area contributed by atoms with E-state index in [-0.39, 0.29) is 11.3 Å². The Bertz CT molecular complexity index is 452. The van der Waals surface area contributed by atoms with Crippen molar-refractivity contribution in [2.24, 2.45) is 0 Å². The Morgan fingerprint density at radius 2 is 1.81 bits per heavy atom. The van der Waals surface area contributed by atoms with Crippen LogP contribution in [0.5, 0.6) is 5.75 Å². The molecule has 3 nitrogen and oxygen atoms in total. The van der Waals surface area contributed by atoms with E-state index in [0.29, 0.717) is 0 Å². The van der Waals surface area contributed by atoms with Gasteiger partial charge in [0.05, 0.1) is 0 Å². The van der Waals surface area contributed by atoms with Crippen LogP contribution in [0.2, 0.25) is 0 Å². The fourth-order valence-corrected chi connectivity index (χ4v) is 3.58. The summed E-state index contributed by atoms with van der Waals surface area (Å²) in [5.41, 5.74) is 1.33. The van der Waals surface area contributed by atoms with Crippen molar-refractivity contribution >= 4 is 5.69 Å². The molecule has 1 spiro atoms. The van der Waals surface area contributed by atoms with Gasteiger partial charge in [-0.15, -0.1) is 0 Å². The van der Waals surface area contributed by atoms with Gasteiger partial charge >= 0.3 is 6.61 Å². The number of nitrogens with zero attached hydrogens (tertiary/aromatic N) is 1. The number of rotatable bonds is 3. The second-order valence-corrected chi connectivity index (χ2v) is 6.06. The summed E-state index contributed by atoms with van der Waals surface area (Å²) in [6.45, 7) is 0.175. The van der Waals surface area contributed by atoms with E-state index in [2.05, 4.69) is 15.0 Å². The van der Waals surface area contributed by atoms with E-state index in [1.165, 1.54) is 32.1 Å². The van der Waals surface area contributed by atoms with E-state index in [4.69, 9.17) is 0 Å². The summed E-state index contributed by atoms with van der Waals surface area (Å²) in [4.78, 5) is 2.36. The third-order valence-electron chi connectivity index (χ3n) is 4.61. The lowest BCUT2D eigenvalue weighted by atomic mass is 9.80. The number of hydrogen-bond acceptors (Lipinski definition) is 3. The van der Waals surface area contributed by atoms with Crippen molar-refractivity contribution < 1.29 is 13.5 Å². The van der Waals surface area contributed by atoms with Crippen molar-refractivity contribution in [2.45, 2.75) is 44.3 Å². The molecule has 3 rings (SSSR count). The zero-order valence-electron chi connectivity index (χ0n) is 12.2. The molecule has 1 aliphatic carbocycles. The maximum atomic E-state index is 12.2. The van der Waals surface area contributed by atoms with E-state index >= 15 is 0 Å². The normalized spacial score (nSPS) is 21.8. The minimum Gasteiger partial charge on any atom is -0.435 e. The number of ether oxygens (including phenoxy) is 1. The fourth-order valence-electron chi connectivity index (χ4n) is 3.58. The molecular formula is C16H22F2N2O. The number of piperazine rings is 1. The van der Waals surface area contributed by atoms with Crippen molar-refractivity contribution in [1.82, 2.24) is 5.32 Å². The van der Waals surface area contributed by atoms with Crippen LogP contribution in [0.3, 0.4) is 0 Å². The highest BCUT2D eigenvalue weighted by Gasteiger charge is 2.36. The Balaban J connectivity index is 1.68. The molecule has 0 atom stereocenters. The summed E-state index contributed by atoms with van der Waals surface area (Å²) in [6.07, 6.45) is 6.39.